The predicted molar refractivity (Wildman–Crippen MR) is 132 cm³/mol. The number of nitrogens with zero attached hydrogens (tertiary/aromatic N) is 3. The number of aromatic nitrogens is 2. The van der Waals surface area contributed by atoms with Crippen LogP contribution in [0, 0.1) is 18.7 Å². The molecule has 1 amide bonds. The Morgan fingerprint density at radius 1 is 1.12 bits per heavy atom. The van der Waals surface area contributed by atoms with Crippen molar-refractivity contribution < 1.29 is 9.18 Å². The maximum absolute atomic E-state index is 13.4. The summed E-state index contributed by atoms with van der Waals surface area (Å²) in [6, 6.07) is 13.3. The number of piperidine rings is 1. The quantitative estimate of drug-likeness (QED) is 0.594. The minimum absolute atomic E-state index is 0.0520. The third-order valence-corrected chi connectivity index (χ3v) is 6.54. The molecule has 1 fully saturated rings. The fourth-order valence-corrected chi connectivity index (χ4v) is 4.63. The molecule has 9 heteroatoms. The van der Waals surface area contributed by atoms with Gasteiger partial charge < -0.3 is 10.2 Å². The molecule has 1 aliphatic rings. The van der Waals surface area contributed by atoms with Gasteiger partial charge in [-0.1, -0.05) is 29.8 Å². The Morgan fingerprint density at radius 3 is 2.41 bits per heavy atom. The van der Waals surface area contributed by atoms with Crippen LogP contribution in [0.4, 0.5) is 15.8 Å². The first-order valence-corrected chi connectivity index (χ1v) is 11.6. The number of rotatable bonds is 5. The Morgan fingerprint density at radius 2 is 1.79 bits per heavy atom. The van der Waals surface area contributed by atoms with Crippen LogP contribution in [0.15, 0.2) is 58.1 Å². The average Bonchev–Trinajstić information content (AvgIpc) is 2.83. The van der Waals surface area contributed by atoms with Gasteiger partial charge in [-0.3, -0.25) is 18.7 Å². The minimum atomic E-state index is -0.544. The Bertz CT molecular complexity index is 1330. The maximum atomic E-state index is 13.4. The molecule has 0 unspecified atom stereocenters. The number of hydrogen-bond acceptors (Lipinski definition) is 4. The Hall–Kier alpha value is -3.39. The molecule has 0 spiro atoms. The van der Waals surface area contributed by atoms with Gasteiger partial charge in [0.05, 0.1) is 16.4 Å². The highest BCUT2D eigenvalue weighted by Crippen LogP contribution is 2.26. The molecule has 4 rings (SSSR count). The van der Waals surface area contributed by atoms with E-state index in [1.165, 1.54) is 22.8 Å². The van der Waals surface area contributed by atoms with Crippen molar-refractivity contribution in [1.82, 2.24) is 9.13 Å². The van der Waals surface area contributed by atoms with E-state index in [2.05, 4.69) is 5.32 Å². The van der Waals surface area contributed by atoms with Gasteiger partial charge in [-0.25, -0.2) is 9.18 Å². The topological polar surface area (TPSA) is 76.3 Å². The molecule has 178 valence electrons. The summed E-state index contributed by atoms with van der Waals surface area (Å²) in [5.74, 6) is -0.967. The van der Waals surface area contributed by atoms with E-state index in [0.29, 0.717) is 48.7 Å². The number of benzene rings is 2. The van der Waals surface area contributed by atoms with Gasteiger partial charge in [0.15, 0.2) is 0 Å². The molecule has 1 aromatic heterocycles. The van der Waals surface area contributed by atoms with E-state index in [1.54, 1.807) is 18.4 Å². The molecule has 0 atom stereocenters. The van der Waals surface area contributed by atoms with Gasteiger partial charge in [-0.15, -0.1) is 0 Å². The minimum Gasteiger partial charge on any atom is -0.366 e. The Balaban J connectivity index is 1.57. The van der Waals surface area contributed by atoms with Crippen molar-refractivity contribution in [2.45, 2.75) is 33.2 Å². The van der Waals surface area contributed by atoms with Crippen LogP contribution in [-0.4, -0.2) is 28.1 Å². The predicted octanol–water partition coefficient (Wildman–Crippen LogP) is 3.98. The molecule has 2 heterocycles. The second kappa shape index (κ2) is 9.85. The van der Waals surface area contributed by atoms with Crippen LogP contribution in [0.3, 0.4) is 0 Å². The smallest absolute Gasteiger partial charge is 0.335 e. The van der Waals surface area contributed by atoms with Gasteiger partial charge in [0.25, 0.3) is 5.56 Å². The molecule has 7 nitrogen and oxygen atoms in total. The summed E-state index contributed by atoms with van der Waals surface area (Å²) in [7, 11) is 0. The number of amides is 1. The van der Waals surface area contributed by atoms with Gasteiger partial charge in [-0.05, 0) is 57.0 Å². The molecule has 0 aliphatic carbocycles. The number of halogens is 2. The van der Waals surface area contributed by atoms with E-state index in [1.807, 2.05) is 35.2 Å². The number of para-hydroxylation sites is 1. The van der Waals surface area contributed by atoms with Crippen LogP contribution in [-0.2, 0) is 11.3 Å². The fourth-order valence-electron chi connectivity index (χ4n) is 4.45. The molecule has 1 aliphatic heterocycles. The normalized spacial score (nSPS) is 14.3. The van der Waals surface area contributed by atoms with Crippen molar-refractivity contribution in [3.63, 3.8) is 0 Å². The number of anilines is 2. The second-order valence-electron chi connectivity index (χ2n) is 8.32. The standard InChI is InChI=1S/C25H26ClFN4O3/c1-3-30-24(33)22(16(2)31(25(30)34)19-7-5-4-6-8-19)29-13-11-17(12-14-29)23(32)28-18-9-10-21(27)20(26)15-18/h4-10,15,17H,3,11-14H2,1-2H3,(H,28,32). The van der Waals surface area contributed by atoms with E-state index < -0.39 is 5.82 Å². The molecule has 0 radical (unpaired) electrons. The summed E-state index contributed by atoms with van der Waals surface area (Å²) in [5, 5.41) is 2.74. The number of carbonyl (C=O) groups excluding carboxylic acids is 1. The third kappa shape index (κ3) is 4.50. The van der Waals surface area contributed by atoms with Crippen molar-refractivity contribution in [3.8, 4) is 5.69 Å². The maximum Gasteiger partial charge on any atom is 0.335 e. The third-order valence-electron chi connectivity index (χ3n) is 6.25. The van der Waals surface area contributed by atoms with Gasteiger partial charge in [-0.2, -0.15) is 0 Å². The first kappa shape index (κ1) is 23.8. The number of hydrogen-bond donors (Lipinski definition) is 1. The Kier molecular flexibility index (Phi) is 6.88. The first-order valence-electron chi connectivity index (χ1n) is 11.2. The Labute approximate surface area is 201 Å². The van der Waals surface area contributed by atoms with Crippen molar-refractivity contribution in [3.05, 3.63) is 85.9 Å². The molecule has 0 saturated carbocycles. The van der Waals surface area contributed by atoms with Crippen molar-refractivity contribution in [2.24, 2.45) is 5.92 Å². The molecule has 2 aromatic carbocycles. The van der Waals surface area contributed by atoms with Crippen molar-refractivity contribution in [1.29, 1.82) is 0 Å². The fraction of sp³-hybridized carbons (Fsp3) is 0.320. The summed E-state index contributed by atoms with van der Waals surface area (Å²) in [5.41, 5.74) is 1.51. The van der Waals surface area contributed by atoms with Crippen LogP contribution in [0.5, 0.6) is 0 Å². The number of carbonyl (C=O) groups is 1. The SMILES string of the molecule is CCn1c(=O)c(N2CCC(C(=O)Nc3ccc(F)c(Cl)c3)CC2)c(C)n(-c2ccccc2)c1=O. The summed E-state index contributed by atoms with van der Waals surface area (Å²) < 4.78 is 16.2. The summed E-state index contributed by atoms with van der Waals surface area (Å²) >= 11 is 5.80. The number of nitrogens with one attached hydrogen (secondary N) is 1. The summed E-state index contributed by atoms with van der Waals surface area (Å²) in [4.78, 5) is 41.0. The molecule has 34 heavy (non-hydrogen) atoms. The lowest BCUT2D eigenvalue weighted by Crippen LogP contribution is -2.46. The highest BCUT2D eigenvalue weighted by atomic mass is 35.5. The van der Waals surface area contributed by atoms with Gasteiger partial charge in [0.2, 0.25) is 5.91 Å². The largest absolute Gasteiger partial charge is 0.366 e. The molecular formula is C25H26ClFN4O3. The highest BCUT2D eigenvalue weighted by molar-refractivity contribution is 6.31. The zero-order chi connectivity index (χ0) is 24.4. The first-order chi connectivity index (χ1) is 16.3. The average molecular weight is 485 g/mol. The lowest BCUT2D eigenvalue weighted by atomic mass is 9.95. The van der Waals surface area contributed by atoms with Crippen LogP contribution in [0.1, 0.15) is 25.5 Å². The van der Waals surface area contributed by atoms with Crippen LogP contribution in [0.25, 0.3) is 5.69 Å². The van der Waals surface area contributed by atoms with E-state index in [4.69, 9.17) is 11.6 Å². The van der Waals surface area contributed by atoms with Crippen LogP contribution >= 0.6 is 11.6 Å². The van der Waals surface area contributed by atoms with Crippen LogP contribution < -0.4 is 21.5 Å². The van der Waals surface area contributed by atoms with Gasteiger partial charge in [0, 0.05) is 31.2 Å². The van der Waals surface area contributed by atoms with Crippen molar-refractivity contribution >= 4 is 28.9 Å². The summed E-state index contributed by atoms with van der Waals surface area (Å²) in [6.07, 6.45) is 1.08. The molecular weight excluding hydrogens is 459 g/mol. The molecule has 0 bridgehead atoms. The van der Waals surface area contributed by atoms with Crippen LogP contribution in [0.2, 0.25) is 5.02 Å². The zero-order valence-electron chi connectivity index (χ0n) is 19.1. The van der Waals surface area contributed by atoms with E-state index in [9.17, 15) is 18.8 Å². The van der Waals surface area contributed by atoms with Gasteiger partial charge >= 0.3 is 5.69 Å². The second-order valence-corrected chi connectivity index (χ2v) is 8.72. The molecule has 1 N–H and O–H groups in total. The lowest BCUT2D eigenvalue weighted by molar-refractivity contribution is -0.120. The summed E-state index contributed by atoms with van der Waals surface area (Å²) in [6.45, 7) is 4.80. The van der Waals surface area contributed by atoms with E-state index in [-0.39, 0.29) is 34.6 Å². The lowest BCUT2D eigenvalue weighted by Gasteiger charge is -2.34. The molecule has 3 aromatic rings. The highest BCUT2D eigenvalue weighted by Gasteiger charge is 2.29. The van der Waals surface area contributed by atoms with E-state index in [0.717, 1.165) is 0 Å². The zero-order valence-corrected chi connectivity index (χ0v) is 19.8. The van der Waals surface area contributed by atoms with Gasteiger partial charge in [0.1, 0.15) is 11.5 Å². The monoisotopic (exact) mass is 484 g/mol. The molecule has 1 saturated heterocycles. The van der Waals surface area contributed by atoms with E-state index >= 15 is 0 Å². The van der Waals surface area contributed by atoms with Crippen molar-refractivity contribution in [2.75, 3.05) is 23.3 Å².